The molecule has 92 valence electrons. The fraction of sp³-hybridized carbons (Fsp3) is 0.364. The molecule has 0 saturated heterocycles. The minimum absolute atomic E-state index is 0.363. The molecule has 0 bridgehead atoms. The highest BCUT2D eigenvalue weighted by Crippen LogP contribution is 2.29. The summed E-state index contributed by atoms with van der Waals surface area (Å²) < 4.78 is 38.4. The van der Waals surface area contributed by atoms with Gasteiger partial charge in [-0.25, -0.2) is 4.98 Å². The second-order valence-corrected chi connectivity index (χ2v) is 4.96. The van der Waals surface area contributed by atoms with Gasteiger partial charge in [-0.1, -0.05) is 13.3 Å². The van der Waals surface area contributed by atoms with Crippen LogP contribution in [0.15, 0.2) is 12.1 Å². The molecule has 0 saturated carbocycles. The van der Waals surface area contributed by atoms with Crippen LogP contribution in [-0.4, -0.2) is 9.97 Å². The van der Waals surface area contributed by atoms with Gasteiger partial charge in [-0.05, 0) is 46.7 Å². The highest BCUT2D eigenvalue weighted by Gasteiger charge is 2.34. The number of imidazole rings is 1. The molecule has 0 fully saturated rings. The lowest BCUT2D eigenvalue weighted by atomic mass is 10.1. The van der Waals surface area contributed by atoms with E-state index in [1.54, 1.807) is 12.1 Å². The van der Waals surface area contributed by atoms with Crippen LogP contribution >= 0.6 is 22.6 Å². The molecule has 0 unspecified atom stereocenters. The van der Waals surface area contributed by atoms with Crippen LogP contribution < -0.4 is 0 Å². The maximum atomic E-state index is 12.5. The van der Waals surface area contributed by atoms with E-state index in [-0.39, 0.29) is 0 Å². The predicted octanol–water partition coefficient (Wildman–Crippen LogP) is 4.14. The van der Waals surface area contributed by atoms with Crippen molar-refractivity contribution in [2.45, 2.75) is 25.9 Å². The van der Waals surface area contributed by atoms with Gasteiger partial charge < -0.3 is 4.98 Å². The number of aromatic nitrogens is 2. The Balaban J connectivity index is 2.54. The van der Waals surface area contributed by atoms with Gasteiger partial charge in [0.15, 0.2) is 0 Å². The maximum absolute atomic E-state index is 12.5. The van der Waals surface area contributed by atoms with Crippen LogP contribution in [0.5, 0.6) is 0 Å². The van der Waals surface area contributed by atoms with Crippen LogP contribution in [0.3, 0.4) is 0 Å². The molecule has 2 aromatic rings. The first-order valence-corrected chi connectivity index (χ1v) is 6.25. The Morgan fingerprint density at radius 1 is 1.35 bits per heavy atom. The molecule has 0 aliphatic carbocycles. The Morgan fingerprint density at radius 3 is 2.65 bits per heavy atom. The van der Waals surface area contributed by atoms with Crippen LogP contribution in [0.25, 0.3) is 11.0 Å². The molecular formula is C11H10F3IN2. The third-order valence-corrected chi connectivity index (χ3v) is 3.44. The van der Waals surface area contributed by atoms with Gasteiger partial charge in [-0.3, -0.25) is 0 Å². The number of aromatic amines is 1. The zero-order valence-corrected chi connectivity index (χ0v) is 11.2. The quantitative estimate of drug-likeness (QED) is 0.807. The molecule has 1 N–H and O–H groups in total. The summed E-state index contributed by atoms with van der Waals surface area (Å²) in [6, 6.07) is 3.44. The van der Waals surface area contributed by atoms with Crippen molar-refractivity contribution in [3.8, 4) is 0 Å². The van der Waals surface area contributed by atoms with Crippen molar-refractivity contribution in [2.24, 2.45) is 0 Å². The van der Waals surface area contributed by atoms with Crippen molar-refractivity contribution in [1.82, 2.24) is 9.97 Å². The molecule has 0 radical (unpaired) electrons. The number of rotatable bonds is 2. The second kappa shape index (κ2) is 4.47. The zero-order valence-electron chi connectivity index (χ0n) is 9.03. The lowest BCUT2D eigenvalue weighted by Gasteiger charge is -2.01. The highest BCUT2D eigenvalue weighted by molar-refractivity contribution is 14.1. The van der Waals surface area contributed by atoms with Crippen LogP contribution in [0.2, 0.25) is 0 Å². The van der Waals surface area contributed by atoms with Crippen molar-refractivity contribution < 1.29 is 13.2 Å². The monoisotopic (exact) mass is 354 g/mol. The number of nitrogens with one attached hydrogen (secondary N) is 1. The summed E-state index contributed by atoms with van der Waals surface area (Å²) in [6.07, 6.45) is -2.61. The van der Waals surface area contributed by atoms with Gasteiger partial charge in [0, 0.05) is 3.57 Å². The van der Waals surface area contributed by atoms with E-state index in [1.807, 2.05) is 6.92 Å². The first-order valence-electron chi connectivity index (χ1n) is 5.17. The van der Waals surface area contributed by atoms with Crippen molar-refractivity contribution in [3.05, 3.63) is 27.1 Å². The molecule has 0 aliphatic rings. The highest BCUT2D eigenvalue weighted by atomic mass is 127. The number of H-pyrrole nitrogens is 1. The number of halogens is 4. The fourth-order valence-corrected chi connectivity index (χ4v) is 2.39. The van der Waals surface area contributed by atoms with Gasteiger partial charge in [0.25, 0.3) is 0 Å². The Labute approximate surface area is 110 Å². The molecule has 2 rings (SSSR count). The third kappa shape index (κ3) is 2.56. The van der Waals surface area contributed by atoms with Crippen molar-refractivity contribution in [2.75, 3.05) is 0 Å². The fourth-order valence-electron chi connectivity index (χ4n) is 1.67. The molecule has 0 aliphatic heterocycles. The van der Waals surface area contributed by atoms with E-state index in [9.17, 15) is 13.2 Å². The molecular weight excluding hydrogens is 344 g/mol. The van der Waals surface area contributed by atoms with E-state index in [2.05, 4.69) is 32.6 Å². The molecule has 0 spiro atoms. The minimum atomic E-state index is -4.42. The minimum Gasteiger partial charge on any atom is -0.334 e. The Bertz CT molecular complexity index is 545. The molecule has 17 heavy (non-hydrogen) atoms. The molecule has 1 aromatic heterocycles. The number of fused-ring (bicyclic) bond motifs is 1. The average molecular weight is 354 g/mol. The van der Waals surface area contributed by atoms with E-state index in [0.717, 1.165) is 22.0 Å². The topological polar surface area (TPSA) is 28.7 Å². The number of alkyl halides is 3. The summed E-state index contributed by atoms with van der Waals surface area (Å²) in [6.45, 7) is 2.04. The smallest absolute Gasteiger partial charge is 0.334 e. The number of hydrogen-bond acceptors (Lipinski definition) is 1. The molecule has 0 atom stereocenters. The largest absolute Gasteiger partial charge is 0.449 e. The molecule has 1 heterocycles. The van der Waals surface area contributed by atoms with Gasteiger partial charge in [-0.2, -0.15) is 13.2 Å². The zero-order chi connectivity index (χ0) is 12.6. The lowest BCUT2D eigenvalue weighted by Crippen LogP contribution is -2.06. The van der Waals surface area contributed by atoms with Crippen molar-refractivity contribution >= 4 is 33.6 Å². The summed E-state index contributed by atoms with van der Waals surface area (Å²) in [5.41, 5.74) is 1.86. The van der Waals surface area contributed by atoms with E-state index in [0.29, 0.717) is 11.0 Å². The SMILES string of the molecule is CCCc1cc2[nH]c(C(F)(F)F)nc2cc1I. The Hall–Kier alpha value is -0.790. The van der Waals surface area contributed by atoms with E-state index < -0.39 is 12.0 Å². The van der Waals surface area contributed by atoms with Gasteiger partial charge in [0.1, 0.15) is 0 Å². The summed E-state index contributed by atoms with van der Waals surface area (Å²) in [5.74, 6) is -0.933. The van der Waals surface area contributed by atoms with Gasteiger partial charge in [0.2, 0.25) is 5.82 Å². The first kappa shape index (κ1) is 12.7. The summed E-state index contributed by atoms with van der Waals surface area (Å²) in [5, 5.41) is 0. The number of aryl methyl sites for hydroxylation is 1. The van der Waals surface area contributed by atoms with E-state index >= 15 is 0 Å². The van der Waals surface area contributed by atoms with Crippen molar-refractivity contribution in [1.29, 1.82) is 0 Å². The standard InChI is InChI=1S/C11H10F3IN2/c1-2-3-6-4-8-9(5-7(6)15)17-10(16-8)11(12,13)14/h4-5H,2-3H2,1H3,(H,16,17). The number of hydrogen-bond donors (Lipinski definition) is 1. The van der Waals surface area contributed by atoms with Crippen LogP contribution in [0, 0.1) is 3.57 Å². The normalized spacial score (nSPS) is 12.3. The average Bonchev–Trinajstić information content (AvgIpc) is 2.61. The van der Waals surface area contributed by atoms with Crippen LogP contribution in [-0.2, 0) is 12.6 Å². The van der Waals surface area contributed by atoms with Gasteiger partial charge in [0.05, 0.1) is 11.0 Å². The molecule has 6 heteroatoms. The van der Waals surface area contributed by atoms with E-state index in [4.69, 9.17) is 0 Å². The lowest BCUT2D eigenvalue weighted by molar-refractivity contribution is -0.144. The van der Waals surface area contributed by atoms with Gasteiger partial charge in [-0.15, -0.1) is 0 Å². The molecule has 1 aromatic carbocycles. The maximum Gasteiger partial charge on any atom is 0.449 e. The van der Waals surface area contributed by atoms with Crippen LogP contribution in [0.4, 0.5) is 13.2 Å². The molecule has 2 nitrogen and oxygen atoms in total. The molecule has 0 amide bonds. The summed E-state index contributed by atoms with van der Waals surface area (Å²) >= 11 is 2.13. The van der Waals surface area contributed by atoms with Gasteiger partial charge >= 0.3 is 6.18 Å². The summed E-state index contributed by atoms with van der Waals surface area (Å²) in [7, 11) is 0. The van der Waals surface area contributed by atoms with Crippen molar-refractivity contribution in [3.63, 3.8) is 0 Å². The second-order valence-electron chi connectivity index (χ2n) is 3.79. The third-order valence-electron chi connectivity index (χ3n) is 2.44. The van der Waals surface area contributed by atoms with E-state index in [1.165, 1.54) is 0 Å². The predicted molar refractivity (Wildman–Crippen MR) is 67.8 cm³/mol. The Kier molecular flexibility index (Phi) is 3.33. The van der Waals surface area contributed by atoms with Crippen LogP contribution in [0.1, 0.15) is 24.7 Å². The Morgan fingerprint density at radius 2 is 2.06 bits per heavy atom. The number of nitrogens with zero attached hydrogens (tertiary/aromatic N) is 1. The first-order chi connectivity index (χ1) is 7.91. The number of benzene rings is 1. The summed E-state index contributed by atoms with van der Waals surface area (Å²) in [4.78, 5) is 5.88.